The summed E-state index contributed by atoms with van der Waals surface area (Å²) < 4.78 is 26.7. The summed E-state index contributed by atoms with van der Waals surface area (Å²) in [7, 11) is 3.14. The third-order valence-electron chi connectivity index (χ3n) is 6.78. The summed E-state index contributed by atoms with van der Waals surface area (Å²) in [6, 6.07) is 13.2. The Kier molecular flexibility index (Phi) is 6.71. The molecule has 196 valence electrons. The van der Waals surface area contributed by atoms with Gasteiger partial charge in [0.2, 0.25) is 0 Å². The monoisotopic (exact) mass is 517 g/mol. The van der Waals surface area contributed by atoms with Crippen molar-refractivity contribution in [3.05, 3.63) is 77.4 Å². The van der Waals surface area contributed by atoms with E-state index in [9.17, 15) is 14.0 Å². The zero-order valence-corrected chi connectivity index (χ0v) is 21.6. The summed E-state index contributed by atoms with van der Waals surface area (Å²) in [5.41, 5.74) is 3.19. The molecule has 0 unspecified atom stereocenters. The van der Waals surface area contributed by atoms with E-state index in [1.807, 2.05) is 32.0 Å². The molecule has 1 aliphatic rings. The van der Waals surface area contributed by atoms with Gasteiger partial charge in [-0.2, -0.15) is 5.10 Å². The molecule has 0 bridgehead atoms. The van der Waals surface area contributed by atoms with E-state index >= 15 is 0 Å². The Balaban J connectivity index is 1.37. The first-order valence-corrected chi connectivity index (χ1v) is 12.2. The lowest BCUT2D eigenvalue weighted by Crippen LogP contribution is -2.55. The highest BCUT2D eigenvalue weighted by atomic mass is 19.1. The van der Waals surface area contributed by atoms with Gasteiger partial charge in [0.15, 0.2) is 22.8 Å². The normalized spacial score (nSPS) is 15.6. The average Bonchev–Trinajstić information content (AvgIpc) is 3.37. The van der Waals surface area contributed by atoms with Gasteiger partial charge in [-0.05, 0) is 50.2 Å². The van der Waals surface area contributed by atoms with Crippen LogP contribution in [0.5, 0.6) is 11.5 Å². The van der Waals surface area contributed by atoms with Crippen LogP contribution in [0.2, 0.25) is 0 Å². The molecule has 2 aromatic heterocycles. The van der Waals surface area contributed by atoms with E-state index in [2.05, 4.69) is 10.1 Å². The first-order valence-electron chi connectivity index (χ1n) is 12.2. The van der Waals surface area contributed by atoms with Crippen molar-refractivity contribution in [1.29, 1.82) is 0 Å². The number of benzene rings is 2. The van der Waals surface area contributed by atoms with Gasteiger partial charge < -0.3 is 19.3 Å². The molecule has 5 rings (SSSR count). The zero-order chi connectivity index (χ0) is 27.0. The maximum Gasteiger partial charge on any atom is 0.274 e. The van der Waals surface area contributed by atoms with E-state index < -0.39 is 5.82 Å². The summed E-state index contributed by atoms with van der Waals surface area (Å²) >= 11 is 0. The van der Waals surface area contributed by atoms with Crippen molar-refractivity contribution in [2.75, 3.05) is 33.9 Å². The zero-order valence-electron chi connectivity index (χ0n) is 21.6. The number of hydrogen-bond donors (Lipinski definition) is 0. The summed E-state index contributed by atoms with van der Waals surface area (Å²) in [6.45, 7) is 4.58. The molecule has 1 saturated heterocycles. The molecule has 0 N–H and O–H groups in total. The number of ether oxygens (including phenoxy) is 2. The van der Waals surface area contributed by atoms with E-state index in [1.165, 1.54) is 6.07 Å². The highest BCUT2D eigenvalue weighted by Crippen LogP contribution is 2.32. The molecule has 1 fully saturated rings. The van der Waals surface area contributed by atoms with Crippen molar-refractivity contribution in [2.45, 2.75) is 19.9 Å². The minimum absolute atomic E-state index is 0.0470. The number of carbonyl (C=O) groups is 2. The molecule has 2 aromatic carbocycles. The lowest BCUT2D eigenvalue weighted by Gasteiger charge is -2.39. The number of amides is 2. The number of methoxy groups -OCH3 is 2. The Morgan fingerprint density at radius 3 is 2.50 bits per heavy atom. The van der Waals surface area contributed by atoms with E-state index in [1.54, 1.807) is 59.0 Å². The number of halogens is 1. The number of carbonyl (C=O) groups excluding carboxylic acids is 2. The van der Waals surface area contributed by atoms with Crippen LogP contribution in [0.1, 0.15) is 33.3 Å². The lowest BCUT2D eigenvalue weighted by molar-refractivity contribution is 0.0408. The van der Waals surface area contributed by atoms with Crippen molar-refractivity contribution in [1.82, 2.24) is 24.4 Å². The second kappa shape index (κ2) is 10.1. The Morgan fingerprint density at radius 2 is 1.76 bits per heavy atom. The fourth-order valence-corrected chi connectivity index (χ4v) is 4.78. The van der Waals surface area contributed by atoms with Crippen molar-refractivity contribution >= 4 is 17.5 Å². The van der Waals surface area contributed by atoms with Crippen molar-refractivity contribution in [2.24, 2.45) is 0 Å². The van der Waals surface area contributed by atoms with Crippen LogP contribution in [-0.2, 0) is 0 Å². The van der Waals surface area contributed by atoms with Crippen LogP contribution in [-0.4, -0.2) is 76.1 Å². The number of aryl methyl sites for hydroxylation is 1. The van der Waals surface area contributed by atoms with Gasteiger partial charge in [-0.15, -0.1) is 0 Å². The van der Waals surface area contributed by atoms with Gasteiger partial charge >= 0.3 is 0 Å². The van der Waals surface area contributed by atoms with Gasteiger partial charge in [0.05, 0.1) is 25.5 Å². The van der Waals surface area contributed by atoms with Gasteiger partial charge in [-0.25, -0.2) is 13.9 Å². The van der Waals surface area contributed by atoms with Gasteiger partial charge in [0.1, 0.15) is 5.82 Å². The predicted octanol–water partition coefficient (Wildman–Crippen LogP) is 3.85. The standard InChI is InChI=1S/C28H28FN5O4/c1-17-5-7-21(29)20(13-17)27(35)33-12-11-32(16-18(33)2)28(36)22-15-26-30-10-9-23(34(26)31-22)19-6-8-24(37-3)25(14-19)38-4/h5-10,13-15,18H,11-12,16H2,1-4H3/t18-/m0/s1. The van der Waals surface area contributed by atoms with Crippen LogP contribution in [0.3, 0.4) is 0 Å². The molecule has 4 aromatic rings. The number of hydrogen-bond acceptors (Lipinski definition) is 6. The van der Waals surface area contributed by atoms with Gasteiger partial charge in [-0.1, -0.05) is 11.6 Å². The summed E-state index contributed by atoms with van der Waals surface area (Å²) in [5, 5.41) is 4.57. The molecule has 38 heavy (non-hydrogen) atoms. The third-order valence-corrected chi connectivity index (χ3v) is 6.78. The van der Waals surface area contributed by atoms with Gasteiger partial charge in [0.25, 0.3) is 11.8 Å². The molecular formula is C28H28FN5O4. The highest BCUT2D eigenvalue weighted by Gasteiger charge is 2.32. The van der Waals surface area contributed by atoms with Crippen molar-refractivity contribution in [3.8, 4) is 22.8 Å². The first kappa shape index (κ1) is 25.2. The maximum atomic E-state index is 14.3. The van der Waals surface area contributed by atoms with Crippen molar-refractivity contribution in [3.63, 3.8) is 0 Å². The minimum Gasteiger partial charge on any atom is -0.493 e. The fourth-order valence-electron chi connectivity index (χ4n) is 4.78. The SMILES string of the molecule is COc1ccc(-c2ccnc3cc(C(=O)N4CCN(C(=O)c5cc(C)ccc5F)[C@@H](C)C4)nn23)cc1OC. The molecule has 0 saturated carbocycles. The number of piperazine rings is 1. The third kappa shape index (κ3) is 4.53. The minimum atomic E-state index is -0.547. The molecule has 0 radical (unpaired) electrons. The van der Waals surface area contributed by atoms with E-state index in [4.69, 9.17) is 9.47 Å². The van der Waals surface area contributed by atoms with E-state index in [0.717, 1.165) is 16.8 Å². The topological polar surface area (TPSA) is 89.3 Å². The Bertz CT molecular complexity index is 1540. The predicted molar refractivity (Wildman–Crippen MR) is 139 cm³/mol. The van der Waals surface area contributed by atoms with E-state index in [-0.39, 0.29) is 29.1 Å². The lowest BCUT2D eigenvalue weighted by atomic mass is 10.1. The number of aromatic nitrogens is 3. The van der Waals surface area contributed by atoms with Crippen LogP contribution >= 0.6 is 0 Å². The average molecular weight is 518 g/mol. The second-order valence-corrected chi connectivity index (χ2v) is 9.28. The van der Waals surface area contributed by atoms with Crippen LogP contribution in [0, 0.1) is 12.7 Å². The quantitative estimate of drug-likeness (QED) is 0.400. The van der Waals surface area contributed by atoms with E-state index in [0.29, 0.717) is 36.8 Å². The number of fused-ring (bicyclic) bond motifs is 1. The van der Waals surface area contributed by atoms with Crippen LogP contribution in [0.15, 0.2) is 54.7 Å². The van der Waals surface area contributed by atoms with Crippen LogP contribution in [0.4, 0.5) is 4.39 Å². The molecule has 0 spiro atoms. The molecule has 1 atom stereocenters. The molecule has 0 aliphatic carbocycles. The largest absolute Gasteiger partial charge is 0.493 e. The van der Waals surface area contributed by atoms with Crippen molar-refractivity contribution < 1.29 is 23.5 Å². The number of nitrogens with zero attached hydrogens (tertiary/aromatic N) is 5. The smallest absolute Gasteiger partial charge is 0.274 e. The molecule has 1 aliphatic heterocycles. The molecule has 3 heterocycles. The Hall–Kier alpha value is -4.47. The Labute approximate surface area is 219 Å². The fraction of sp³-hybridized carbons (Fsp3) is 0.286. The number of rotatable bonds is 5. The van der Waals surface area contributed by atoms with Crippen LogP contribution in [0.25, 0.3) is 16.9 Å². The summed E-state index contributed by atoms with van der Waals surface area (Å²) in [5.74, 6) is 0.00524. The maximum absolute atomic E-state index is 14.3. The highest BCUT2D eigenvalue weighted by molar-refractivity contribution is 5.96. The summed E-state index contributed by atoms with van der Waals surface area (Å²) in [6.07, 6.45) is 1.66. The molecule has 10 heteroatoms. The van der Waals surface area contributed by atoms with Crippen LogP contribution < -0.4 is 9.47 Å². The molecule has 9 nitrogen and oxygen atoms in total. The first-order chi connectivity index (χ1) is 18.3. The van der Waals surface area contributed by atoms with Gasteiger partial charge in [-0.3, -0.25) is 9.59 Å². The summed E-state index contributed by atoms with van der Waals surface area (Å²) in [4.78, 5) is 34.1. The second-order valence-electron chi connectivity index (χ2n) is 9.28. The molecule has 2 amide bonds. The van der Waals surface area contributed by atoms with Gasteiger partial charge in [0, 0.05) is 43.5 Å². The Morgan fingerprint density at radius 1 is 0.974 bits per heavy atom. The molecular weight excluding hydrogens is 489 g/mol.